The van der Waals surface area contributed by atoms with E-state index in [1.165, 1.54) is 6.42 Å². The van der Waals surface area contributed by atoms with Gasteiger partial charge in [-0.3, -0.25) is 5.09 Å². The zero-order chi connectivity index (χ0) is 9.19. The minimum atomic E-state index is -1.66. The molecule has 2 atom stereocenters. The minimum absolute atomic E-state index is 0.570. The molecular formula is C7H16NOPS2. The Morgan fingerprint density at radius 1 is 1.75 bits per heavy atom. The summed E-state index contributed by atoms with van der Waals surface area (Å²) < 4.78 is 5.29. The molecule has 1 saturated heterocycles. The largest absolute Gasteiger partial charge is 0.334 e. The average Bonchev–Trinajstić information content (AvgIpc) is 2.32. The summed E-state index contributed by atoms with van der Waals surface area (Å²) in [4.78, 5) is 0. The lowest BCUT2D eigenvalue weighted by molar-refractivity contribution is 0.446. The maximum Gasteiger partial charge on any atom is 0.185 e. The first-order valence-electron chi connectivity index (χ1n) is 4.14. The summed E-state index contributed by atoms with van der Waals surface area (Å²) in [5, 5.41) is 3.42. The highest BCUT2D eigenvalue weighted by Crippen LogP contribution is 2.60. The van der Waals surface area contributed by atoms with E-state index >= 15 is 0 Å². The Balaban J connectivity index is 2.40. The van der Waals surface area contributed by atoms with E-state index in [9.17, 15) is 0 Å². The van der Waals surface area contributed by atoms with Crippen molar-refractivity contribution in [2.75, 3.05) is 12.9 Å². The van der Waals surface area contributed by atoms with Crippen LogP contribution in [0.15, 0.2) is 0 Å². The van der Waals surface area contributed by atoms with E-state index in [1.807, 2.05) is 0 Å². The predicted molar refractivity (Wildman–Crippen MR) is 60.1 cm³/mol. The average molecular weight is 225 g/mol. The summed E-state index contributed by atoms with van der Waals surface area (Å²) >= 11 is 7.13. The fourth-order valence-electron chi connectivity index (χ4n) is 1.28. The highest BCUT2D eigenvalue weighted by molar-refractivity contribution is 8.69. The Morgan fingerprint density at radius 2 is 2.42 bits per heavy atom. The monoisotopic (exact) mass is 225 g/mol. The molecule has 1 fully saturated rings. The van der Waals surface area contributed by atoms with Crippen molar-refractivity contribution >= 4 is 28.8 Å². The molecule has 0 radical (unpaired) electrons. The van der Waals surface area contributed by atoms with Gasteiger partial charge < -0.3 is 4.52 Å². The van der Waals surface area contributed by atoms with Gasteiger partial charge in [-0.25, -0.2) is 0 Å². The second-order valence-corrected chi connectivity index (χ2v) is 10.2. The molecule has 0 amide bonds. The molecule has 1 rings (SSSR count). The fourth-order valence-corrected chi connectivity index (χ4v) is 6.04. The molecule has 0 aromatic carbocycles. The highest BCUT2D eigenvalue weighted by atomic mass is 32.9. The van der Waals surface area contributed by atoms with Gasteiger partial charge in [0.25, 0.3) is 0 Å². The van der Waals surface area contributed by atoms with Gasteiger partial charge in [0.15, 0.2) is 5.62 Å². The van der Waals surface area contributed by atoms with Crippen molar-refractivity contribution in [2.24, 2.45) is 5.92 Å². The molecule has 1 aliphatic rings. The van der Waals surface area contributed by atoms with E-state index < -0.39 is 5.62 Å². The van der Waals surface area contributed by atoms with E-state index in [-0.39, 0.29) is 0 Å². The molecule has 0 aliphatic carbocycles. The van der Waals surface area contributed by atoms with Gasteiger partial charge in [0.05, 0.1) is 0 Å². The SMILES string of the molecule is COP1(=S)NC(CC(C)C)CS1. The smallest absolute Gasteiger partial charge is 0.185 e. The normalized spacial score (nSPS) is 36.2. The van der Waals surface area contributed by atoms with Gasteiger partial charge in [0.1, 0.15) is 0 Å². The number of hydrogen-bond acceptors (Lipinski definition) is 3. The fraction of sp³-hybridized carbons (Fsp3) is 1.00. The van der Waals surface area contributed by atoms with E-state index in [0.717, 1.165) is 11.7 Å². The lowest BCUT2D eigenvalue weighted by Crippen LogP contribution is -2.23. The molecule has 12 heavy (non-hydrogen) atoms. The quantitative estimate of drug-likeness (QED) is 0.745. The summed E-state index contributed by atoms with van der Waals surface area (Å²) in [6.07, 6.45) is 1.20. The van der Waals surface area contributed by atoms with E-state index in [2.05, 4.69) is 18.9 Å². The second-order valence-electron chi connectivity index (χ2n) is 3.43. The predicted octanol–water partition coefficient (Wildman–Crippen LogP) is 2.61. The van der Waals surface area contributed by atoms with Crippen molar-refractivity contribution in [1.29, 1.82) is 0 Å². The summed E-state index contributed by atoms with van der Waals surface area (Å²) in [6, 6.07) is 0.570. The van der Waals surface area contributed by atoms with Crippen LogP contribution in [0.25, 0.3) is 0 Å². The van der Waals surface area contributed by atoms with Gasteiger partial charge in [-0.2, -0.15) is 0 Å². The summed E-state index contributed by atoms with van der Waals surface area (Å²) in [5.74, 6) is 1.85. The van der Waals surface area contributed by atoms with Crippen molar-refractivity contribution < 1.29 is 4.52 Å². The van der Waals surface area contributed by atoms with Crippen LogP contribution in [-0.2, 0) is 16.3 Å². The Bertz CT molecular complexity index is 198. The van der Waals surface area contributed by atoms with E-state index in [4.69, 9.17) is 16.3 Å². The zero-order valence-corrected chi connectivity index (χ0v) is 10.3. The first kappa shape index (κ1) is 11.0. The first-order valence-corrected chi connectivity index (χ1v) is 8.45. The molecule has 72 valence electrons. The van der Waals surface area contributed by atoms with Gasteiger partial charge in [0, 0.05) is 18.9 Å². The molecule has 0 aromatic rings. The molecule has 0 spiro atoms. The first-order chi connectivity index (χ1) is 5.56. The molecule has 1 N–H and O–H groups in total. The van der Waals surface area contributed by atoms with Crippen molar-refractivity contribution in [1.82, 2.24) is 5.09 Å². The van der Waals surface area contributed by atoms with E-state index in [0.29, 0.717) is 6.04 Å². The molecule has 2 unspecified atom stereocenters. The molecule has 1 aliphatic heterocycles. The van der Waals surface area contributed by atoms with E-state index in [1.54, 1.807) is 18.5 Å². The number of nitrogens with one attached hydrogen (secondary N) is 1. The Morgan fingerprint density at radius 3 is 2.83 bits per heavy atom. The number of rotatable bonds is 3. The van der Waals surface area contributed by atoms with Crippen molar-refractivity contribution in [3.63, 3.8) is 0 Å². The van der Waals surface area contributed by atoms with Crippen LogP contribution in [0.5, 0.6) is 0 Å². The van der Waals surface area contributed by atoms with Crippen LogP contribution in [-0.4, -0.2) is 18.9 Å². The minimum Gasteiger partial charge on any atom is -0.334 e. The topological polar surface area (TPSA) is 21.3 Å². The number of hydrogen-bond donors (Lipinski definition) is 1. The standard InChI is InChI=1S/C7H16NOPS2/c1-6(2)4-7-5-12-10(11,8-7)9-3/h6-7H,4-5H2,1-3H3,(H,8,11). The molecule has 1 heterocycles. The Hall–Kier alpha value is 0.920. The van der Waals surface area contributed by atoms with Crippen molar-refractivity contribution in [3.05, 3.63) is 0 Å². The molecule has 0 bridgehead atoms. The van der Waals surface area contributed by atoms with Crippen LogP contribution in [0, 0.1) is 5.92 Å². The summed E-state index contributed by atoms with van der Waals surface area (Å²) in [5.41, 5.74) is -1.66. The van der Waals surface area contributed by atoms with Gasteiger partial charge in [-0.15, -0.1) is 0 Å². The van der Waals surface area contributed by atoms with Crippen LogP contribution in [0.1, 0.15) is 20.3 Å². The lowest BCUT2D eigenvalue weighted by Gasteiger charge is -2.15. The van der Waals surface area contributed by atoms with Crippen LogP contribution in [0.3, 0.4) is 0 Å². The van der Waals surface area contributed by atoms with Crippen LogP contribution in [0.4, 0.5) is 0 Å². The van der Waals surface area contributed by atoms with Crippen LogP contribution >= 0.6 is 17.0 Å². The third-order valence-corrected chi connectivity index (χ3v) is 7.78. The third kappa shape index (κ3) is 3.00. The molecule has 0 saturated carbocycles. The lowest BCUT2D eigenvalue weighted by atomic mass is 10.1. The Labute approximate surface area is 83.7 Å². The highest BCUT2D eigenvalue weighted by Gasteiger charge is 2.30. The molecule has 5 heteroatoms. The van der Waals surface area contributed by atoms with Gasteiger partial charge in [-0.05, 0) is 24.1 Å². The molecule has 2 nitrogen and oxygen atoms in total. The van der Waals surface area contributed by atoms with Gasteiger partial charge in [0.2, 0.25) is 0 Å². The van der Waals surface area contributed by atoms with Gasteiger partial charge in [-0.1, -0.05) is 25.2 Å². The molecule has 0 aromatic heterocycles. The maximum atomic E-state index is 5.34. The third-order valence-electron chi connectivity index (χ3n) is 1.78. The van der Waals surface area contributed by atoms with Crippen LogP contribution < -0.4 is 5.09 Å². The summed E-state index contributed by atoms with van der Waals surface area (Å²) in [6.45, 7) is 4.47. The zero-order valence-electron chi connectivity index (χ0n) is 7.74. The van der Waals surface area contributed by atoms with Crippen LogP contribution in [0.2, 0.25) is 0 Å². The maximum absolute atomic E-state index is 5.34. The Kier molecular flexibility index (Phi) is 4.06. The second kappa shape index (κ2) is 4.43. The summed E-state index contributed by atoms with van der Waals surface area (Å²) in [7, 11) is 1.71. The van der Waals surface area contributed by atoms with Gasteiger partial charge >= 0.3 is 0 Å². The van der Waals surface area contributed by atoms with Crippen molar-refractivity contribution in [3.8, 4) is 0 Å². The van der Waals surface area contributed by atoms with Crippen molar-refractivity contribution in [2.45, 2.75) is 26.3 Å². The molecular weight excluding hydrogens is 209 g/mol.